The fourth-order valence-corrected chi connectivity index (χ4v) is 7.85. The maximum Gasteiger partial charge on any atom is 0.319 e. The Kier molecular flexibility index (Phi) is 5.99. The molecular weight excluding hydrogens is 382 g/mol. The lowest BCUT2D eigenvalue weighted by atomic mass is 10.1. The fraction of sp³-hybridized carbons (Fsp3) is 0.562. The van der Waals surface area contributed by atoms with E-state index < -0.39 is 42.7 Å². The Morgan fingerprint density at radius 1 is 1.19 bits per heavy atom. The van der Waals surface area contributed by atoms with Crippen LogP contribution in [0, 0.1) is 13.8 Å². The molecule has 146 valence electrons. The van der Waals surface area contributed by atoms with Gasteiger partial charge in [-0.25, -0.2) is 16.8 Å². The number of benzene rings is 1. The summed E-state index contributed by atoms with van der Waals surface area (Å²) in [5.41, 5.74) is 1.62. The quantitative estimate of drug-likeness (QED) is 0.658. The Labute approximate surface area is 153 Å². The molecule has 0 aromatic heterocycles. The van der Waals surface area contributed by atoms with Gasteiger partial charge in [-0.05, 0) is 37.1 Å². The van der Waals surface area contributed by atoms with Crippen LogP contribution in [0.25, 0.3) is 0 Å². The molecule has 2 rings (SSSR count). The summed E-state index contributed by atoms with van der Waals surface area (Å²) < 4.78 is 60.2. The average Bonchev–Trinajstić information content (AvgIpc) is 2.90. The second kappa shape index (κ2) is 7.53. The van der Waals surface area contributed by atoms with E-state index in [1.165, 1.54) is 20.3 Å². The number of aryl methyl sites for hydroxylation is 2. The third kappa shape index (κ3) is 4.18. The van der Waals surface area contributed by atoms with E-state index in [2.05, 4.69) is 10.1 Å². The molecule has 0 amide bonds. The van der Waals surface area contributed by atoms with Crippen molar-refractivity contribution < 1.29 is 31.1 Å². The highest BCUT2D eigenvalue weighted by Gasteiger charge is 2.46. The van der Waals surface area contributed by atoms with E-state index in [-0.39, 0.29) is 22.9 Å². The molecule has 1 aromatic carbocycles. The molecule has 0 spiro atoms. The molecule has 0 bridgehead atoms. The Morgan fingerprint density at radius 3 is 2.38 bits per heavy atom. The highest BCUT2D eigenvalue weighted by Crippen LogP contribution is 2.33. The second-order valence-corrected chi connectivity index (χ2v) is 10.6. The van der Waals surface area contributed by atoms with Gasteiger partial charge in [0.15, 0.2) is 19.7 Å². The maximum absolute atomic E-state index is 13.2. The van der Waals surface area contributed by atoms with Crippen molar-refractivity contribution in [3.63, 3.8) is 0 Å². The maximum atomic E-state index is 13.2. The summed E-state index contributed by atoms with van der Waals surface area (Å²) in [5.74, 6) is -1.30. The second-order valence-electron chi connectivity index (χ2n) is 6.31. The predicted molar refractivity (Wildman–Crippen MR) is 95.9 cm³/mol. The van der Waals surface area contributed by atoms with Crippen LogP contribution >= 0.6 is 0 Å². The van der Waals surface area contributed by atoms with Crippen molar-refractivity contribution in [1.29, 1.82) is 0 Å². The van der Waals surface area contributed by atoms with E-state index in [4.69, 9.17) is 4.74 Å². The number of carbonyl (C=O) groups is 1. The zero-order valence-electron chi connectivity index (χ0n) is 15.1. The number of hydrogen-bond donors (Lipinski definition) is 1. The standard InChI is InChI=1S/C16H23NO7S2/c1-10-5-13(23-3)14(6-11(10)2)26(21,22)15-9-25(19,20)8-12(15)17-7-16(18)24-4/h5-6,12,15,17H,7-9H2,1-4H3/t12-,15-/m0/s1. The number of ether oxygens (including phenoxy) is 2. The topological polar surface area (TPSA) is 116 Å². The van der Waals surface area contributed by atoms with Crippen LogP contribution in [0.3, 0.4) is 0 Å². The van der Waals surface area contributed by atoms with Crippen LogP contribution in [-0.4, -0.2) is 66.4 Å². The molecule has 1 heterocycles. The Hall–Kier alpha value is -1.65. The minimum absolute atomic E-state index is 0.0462. The molecule has 0 unspecified atom stereocenters. The van der Waals surface area contributed by atoms with Gasteiger partial charge in [-0.15, -0.1) is 0 Å². The molecule has 1 aliphatic heterocycles. The molecule has 1 fully saturated rings. The highest BCUT2D eigenvalue weighted by molar-refractivity contribution is 7.96. The zero-order chi connectivity index (χ0) is 19.7. The molecule has 8 nitrogen and oxygen atoms in total. The van der Waals surface area contributed by atoms with Crippen molar-refractivity contribution >= 4 is 25.6 Å². The normalized spacial score (nSPS) is 22.2. The van der Waals surface area contributed by atoms with Gasteiger partial charge in [-0.3, -0.25) is 4.79 Å². The lowest BCUT2D eigenvalue weighted by Crippen LogP contribution is -2.45. The van der Waals surface area contributed by atoms with Crippen LogP contribution in [-0.2, 0) is 29.2 Å². The smallest absolute Gasteiger partial charge is 0.319 e. The summed E-state index contributed by atoms with van der Waals surface area (Å²) in [6.07, 6.45) is 0. The number of carbonyl (C=O) groups excluding carboxylic acids is 1. The Bertz CT molecular complexity index is 907. The molecule has 10 heteroatoms. The van der Waals surface area contributed by atoms with Gasteiger partial charge in [0.1, 0.15) is 10.6 Å². The third-order valence-corrected chi connectivity index (χ3v) is 8.69. The zero-order valence-corrected chi connectivity index (χ0v) is 16.7. The van der Waals surface area contributed by atoms with Crippen molar-refractivity contribution in [1.82, 2.24) is 5.32 Å². The molecule has 0 aliphatic carbocycles. The van der Waals surface area contributed by atoms with Gasteiger partial charge >= 0.3 is 5.97 Å². The monoisotopic (exact) mass is 405 g/mol. The number of hydrogen-bond acceptors (Lipinski definition) is 8. The molecule has 1 N–H and O–H groups in total. The summed E-state index contributed by atoms with van der Waals surface area (Å²) in [6, 6.07) is 2.20. The van der Waals surface area contributed by atoms with Gasteiger partial charge in [0.25, 0.3) is 0 Å². The minimum Gasteiger partial charge on any atom is -0.495 e. The van der Waals surface area contributed by atoms with Gasteiger partial charge in [0.05, 0.1) is 37.5 Å². The van der Waals surface area contributed by atoms with Crippen LogP contribution in [0.1, 0.15) is 11.1 Å². The molecule has 1 aliphatic rings. The molecule has 1 aromatic rings. The molecule has 0 radical (unpaired) electrons. The summed E-state index contributed by atoms with van der Waals surface area (Å²) in [6.45, 7) is 3.33. The average molecular weight is 405 g/mol. The first kappa shape index (κ1) is 20.7. The van der Waals surface area contributed by atoms with Crippen molar-refractivity contribution in [2.45, 2.75) is 30.0 Å². The van der Waals surface area contributed by atoms with E-state index >= 15 is 0 Å². The number of rotatable bonds is 6. The first-order valence-corrected chi connectivity index (χ1v) is 11.3. The van der Waals surface area contributed by atoms with E-state index in [0.29, 0.717) is 0 Å². The van der Waals surface area contributed by atoms with E-state index in [1.54, 1.807) is 13.0 Å². The van der Waals surface area contributed by atoms with Gasteiger partial charge in [0.2, 0.25) is 0 Å². The van der Waals surface area contributed by atoms with E-state index in [0.717, 1.165) is 11.1 Å². The predicted octanol–water partition coefficient (Wildman–Crippen LogP) is 0.0139. The Morgan fingerprint density at radius 2 is 1.81 bits per heavy atom. The first-order chi connectivity index (χ1) is 12.0. The van der Waals surface area contributed by atoms with Crippen molar-refractivity contribution in [2.24, 2.45) is 0 Å². The summed E-state index contributed by atoms with van der Waals surface area (Å²) in [5, 5.41) is 1.49. The number of esters is 1. The van der Waals surface area contributed by atoms with Gasteiger partial charge < -0.3 is 14.8 Å². The lowest BCUT2D eigenvalue weighted by molar-refractivity contribution is -0.139. The first-order valence-electron chi connectivity index (χ1n) is 7.91. The largest absolute Gasteiger partial charge is 0.495 e. The van der Waals surface area contributed by atoms with Crippen LogP contribution in [0.4, 0.5) is 0 Å². The molecule has 2 atom stereocenters. The summed E-state index contributed by atoms with van der Waals surface area (Å²) in [7, 11) is -5.02. The van der Waals surface area contributed by atoms with Crippen LogP contribution < -0.4 is 10.1 Å². The van der Waals surface area contributed by atoms with Gasteiger partial charge in [-0.1, -0.05) is 0 Å². The summed E-state index contributed by atoms with van der Waals surface area (Å²) >= 11 is 0. The summed E-state index contributed by atoms with van der Waals surface area (Å²) in [4.78, 5) is 11.3. The SMILES string of the molecule is COC(=O)CN[C@H]1CS(=O)(=O)C[C@@H]1S(=O)(=O)c1cc(C)c(C)cc1OC. The van der Waals surface area contributed by atoms with Gasteiger partial charge in [0, 0.05) is 6.04 Å². The van der Waals surface area contributed by atoms with Crippen molar-refractivity contribution in [3.8, 4) is 5.75 Å². The molecule has 1 saturated heterocycles. The van der Waals surface area contributed by atoms with E-state index in [1.807, 2.05) is 6.92 Å². The highest BCUT2D eigenvalue weighted by atomic mass is 32.2. The third-order valence-electron chi connectivity index (χ3n) is 4.52. The van der Waals surface area contributed by atoms with Crippen molar-refractivity contribution in [3.05, 3.63) is 23.3 Å². The van der Waals surface area contributed by atoms with Crippen LogP contribution in [0.15, 0.2) is 17.0 Å². The van der Waals surface area contributed by atoms with Crippen LogP contribution in [0.2, 0.25) is 0 Å². The number of methoxy groups -OCH3 is 2. The Balaban J connectivity index is 2.45. The van der Waals surface area contributed by atoms with Crippen LogP contribution in [0.5, 0.6) is 5.75 Å². The molecular formula is C16H23NO7S2. The lowest BCUT2D eigenvalue weighted by Gasteiger charge is -2.21. The molecule has 0 saturated carbocycles. The minimum atomic E-state index is -4.01. The van der Waals surface area contributed by atoms with Gasteiger partial charge in [-0.2, -0.15) is 0 Å². The molecule has 26 heavy (non-hydrogen) atoms. The van der Waals surface area contributed by atoms with Crippen molar-refractivity contribution in [2.75, 3.05) is 32.3 Å². The number of nitrogens with one attached hydrogen (secondary N) is 1. The number of sulfone groups is 2. The fourth-order valence-electron chi connectivity index (χ4n) is 2.91. The van der Waals surface area contributed by atoms with E-state index in [9.17, 15) is 21.6 Å².